The fraction of sp³-hybridized carbons (Fsp3) is 0.636. The van der Waals surface area contributed by atoms with Crippen molar-refractivity contribution >= 4 is 12.0 Å². The third-order valence-corrected chi connectivity index (χ3v) is 3.54. The van der Waals surface area contributed by atoms with E-state index < -0.39 is 5.97 Å². The molecule has 1 N–H and O–H groups in total. The molecule has 3 rings (SSSR count). The Kier molecular flexibility index (Phi) is 2.12. The normalized spacial score (nSPS) is 29.6. The van der Waals surface area contributed by atoms with E-state index in [1.165, 1.54) is 6.26 Å². The van der Waals surface area contributed by atoms with Crippen molar-refractivity contribution < 1.29 is 14.3 Å². The third-order valence-electron chi connectivity index (χ3n) is 3.54. The van der Waals surface area contributed by atoms with Gasteiger partial charge >= 0.3 is 5.97 Å². The molecule has 0 spiro atoms. The Morgan fingerprint density at radius 3 is 2.88 bits per heavy atom. The molecule has 2 heterocycles. The van der Waals surface area contributed by atoms with Crippen molar-refractivity contribution in [2.24, 2.45) is 11.8 Å². The van der Waals surface area contributed by atoms with Crippen LogP contribution >= 0.6 is 0 Å². The first-order valence-electron chi connectivity index (χ1n) is 5.66. The van der Waals surface area contributed by atoms with Crippen molar-refractivity contribution in [1.82, 2.24) is 4.98 Å². The highest BCUT2D eigenvalue weighted by molar-refractivity contribution is 5.72. The molecule has 0 aromatic carbocycles. The zero-order valence-corrected chi connectivity index (χ0v) is 8.87. The van der Waals surface area contributed by atoms with Gasteiger partial charge in [0.05, 0.1) is 12.1 Å². The topological polar surface area (TPSA) is 66.6 Å². The van der Waals surface area contributed by atoms with Crippen molar-refractivity contribution in [3.05, 3.63) is 12.5 Å². The molecule has 2 aliphatic rings. The lowest BCUT2D eigenvalue weighted by Crippen LogP contribution is -2.37. The van der Waals surface area contributed by atoms with E-state index in [2.05, 4.69) is 4.98 Å². The summed E-state index contributed by atoms with van der Waals surface area (Å²) in [6, 6.07) is 0.650. The summed E-state index contributed by atoms with van der Waals surface area (Å²) >= 11 is 0. The molecule has 0 unspecified atom stereocenters. The number of carboxylic acids is 1. The molecule has 5 heteroatoms. The van der Waals surface area contributed by atoms with Crippen LogP contribution in [0.2, 0.25) is 0 Å². The van der Waals surface area contributed by atoms with Gasteiger partial charge in [0.1, 0.15) is 6.26 Å². The largest absolute Gasteiger partial charge is 0.481 e. The van der Waals surface area contributed by atoms with E-state index in [4.69, 9.17) is 4.42 Å². The number of carbonyl (C=O) groups is 1. The van der Waals surface area contributed by atoms with Crippen LogP contribution in [0.15, 0.2) is 16.9 Å². The molecule has 1 aromatic heterocycles. The molecule has 5 nitrogen and oxygen atoms in total. The second-order valence-corrected chi connectivity index (χ2v) is 4.57. The van der Waals surface area contributed by atoms with Gasteiger partial charge in [-0.2, -0.15) is 0 Å². The lowest BCUT2D eigenvalue weighted by atomic mass is 9.97. The van der Waals surface area contributed by atoms with Gasteiger partial charge in [-0.25, -0.2) is 4.98 Å². The fourth-order valence-corrected chi connectivity index (χ4v) is 2.69. The Labute approximate surface area is 93.1 Å². The number of aromatic nitrogens is 1. The molecule has 0 amide bonds. The quantitative estimate of drug-likeness (QED) is 0.836. The summed E-state index contributed by atoms with van der Waals surface area (Å²) in [4.78, 5) is 17.3. The number of hydrogen-bond acceptors (Lipinski definition) is 4. The maximum absolute atomic E-state index is 11.2. The first kappa shape index (κ1) is 9.69. The Bertz CT molecular complexity index is 386. The van der Waals surface area contributed by atoms with E-state index in [1.54, 1.807) is 6.20 Å². The van der Waals surface area contributed by atoms with Crippen LogP contribution in [0.25, 0.3) is 0 Å². The number of hydrogen-bond donors (Lipinski definition) is 1. The van der Waals surface area contributed by atoms with Crippen LogP contribution in [-0.2, 0) is 4.79 Å². The first-order valence-corrected chi connectivity index (χ1v) is 5.66. The number of nitrogens with zero attached hydrogens (tertiary/aromatic N) is 2. The van der Waals surface area contributed by atoms with Crippen LogP contribution < -0.4 is 4.90 Å². The molecule has 86 valence electrons. The highest BCUT2D eigenvalue weighted by Crippen LogP contribution is 2.44. The Balaban J connectivity index is 1.86. The summed E-state index contributed by atoms with van der Waals surface area (Å²) in [6.07, 6.45) is 6.09. The fourth-order valence-electron chi connectivity index (χ4n) is 2.69. The minimum Gasteiger partial charge on any atom is -0.481 e. The van der Waals surface area contributed by atoms with Crippen LogP contribution in [0.5, 0.6) is 0 Å². The highest BCUT2D eigenvalue weighted by Gasteiger charge is 2.48. The number of rotatable bonds is 3. The van der Waals surface area contributed by atoms with Crippen LogP contribution in [0.4, 0.5) is 6.01 Å². The van der Waals surface area contributed by atoms with Gasteiger partial charge in [-0.1, -0.05) is 0 Å². The average molecular weight is 222 g/mol. The van der Waals surface area contributed by atoms with Crippen molar-refractivity contribution in [2.75, 3.05) is 11.4 Å². The summed E-state index contributed by atoms with van der Waals surface area (Å²) in [6.45, 7) is 0.735. The maximum Gasteiger partial charge on any atom is 0.308 e. The zero-order valence-electron chi connectivity index (χ0n) is 8.87. The summed E-state index contributed by atoms with van der Waals surface area (Å²) in [5.41, 5.74) is 0. The minimum atomic E-state index is -0.689. The summed E-state index contributed by atoms with van der Waals surface area (Å²) in [7, 11) is 0. The smallest absolute Gasteiger partial charge is 0.308 e. The van der Waals surface area contributed by atoms with Gasteiger partial charge in [0, 0.05) is 12.6 Å². The third kappa shape index (κ3) is 1.47. The van der Waals surface area contributed by atoms with E-state index in [9.17, 15) is 9.90 Å². The molecule has 16 heavy (non-hydrogen) atoms. The Hall–Kier alpha value is -1.52. The predicted molar refractivity (Wildman–Crippen MR) is 56.1 cm³/mol. The van der Waals surface area contributed by atoms with Gasteiger partial charge in [-0.05, 0) is 25.2 Å². The number of anilines is 1. The van der Waals surface area contributed by atoms with Crippen LogP contribution in [-0.4, -0.2) is 28.6 Å². The first-order chi connectivity index (χ1) is 7.77. The Morgan fingerprint density at radius 2 is 2.31 bits per heavy atom. The Morgan fingerprint density at radius 1 is 1.50 bits per heavy atom. The zero-order chi connectivity index (χ0) is 11.1. The van der Waals surface area contributed by atoms with Crippen LogP contribution in [0.3, 0.4) is 0 Å². The molecule has 2 fully saturated rings. The monoisotopic (exact) mass is 222 g/mol. The lowest BCUT2D eigenvalue weighted by molar-refractivity contribution is -0.142. The van der Waals surface area contributed by atoms with Gasteiger partial charge in [0.15, 0.2) is 0 Å². The van der Waals surface area contributed by atoms with Crippen LogP contribution in [0.1, 0.15) is 19.3 Å². The molecule has 2 atom stereocenters. The van der Waals surface area contributed by atoms with Crippen molar-refractivity contribution in [3.63, 3.8) is 0 Å². The molecular formula is C11H14N2O3. The lowest BCUT2D eigenvalue weighted by Gasteiger charge is -2.24. The van der Waals surface area contributed by atoms with E-state index in [-0.39, 0.29) is 12.0 Å². The number of oxazole rings is 1. The minimum absolute atomic E-state index is 0.0798. The van der Waals surface area contributed by atoms with E-state index >= 15 is 0 Å². The molecule has 1 aromatic rings. The van der Waals surface area contributed by atoms with Gasteiger partial charge < -0.3 is 14.4 Å². The molecule has 1 saturated carbocycles. The molecule has 1 saturated heterocycles. The van der Waals surface area contributed by atoms with Gasteiger partial charge in [-0.3, -0.25) is 4.79 Å². The van der Waals surface area contributed by atoms with E-state index in [0.29, 0.717) is 18.4 Å². The van der Waals surface area contributed by atoms with Crippen LogP contribution in [0, 0.1) is 11.8 Å². The van der Waals surface area contributed by atoms with Gasteiger partial charge in [0.25, 0.3) is 6.01 Å². The SMILES string of the molecule is O=C(O)[C@H]1CCN(c2ncco2)[C@@H]1C1CC1. The van der Waals surface area contributed by atoms with E-state index in [0.717, 1.165) is 19.4 Å². The predicted octanol–water partition coefficient (Wildman–Crippen LogP) is 1.36. The highest BCUT2D eigenvalue weighted by atomic mass is 16.4. The van der Waals surface area contributed by atoms with Crippen molar-refractivity contribution in [2.45, 2.75) is 25.3 Å². The standard InChI is InChI=1S/C11H14N2O3/c14-10(15)8-3-5-13(9(8)7-1-2-7)11-12-4-6-16-11/h4,6-9H,1-3,5H2,(H,14,15)/t8-,9+/m0/s1. The number of carboxylic acid groups (broad SMARTS) is 1. The number of aliphatic carboxylic acids is 1. The average Bonchev–Trinajstić information content (AvgIpc) is 2.82. The second-order valence-electron chi connectivity index (χ2n) is 4.57. The molecule has 1 aliphatic heterocycles. The van der Waals surface area contributed by atoms with E-state index in [1.807, 2.05) is 4.90 Å². The molecular weight excluding hydrogens is 208 g/mol. The molecule has 0 radical (unpaired) electrons. The maximum atomic E-state index is 11.2. The summed E-state index contributed by atoms with van der Waals surface area (Å²) in [5, 5.41) is 9.20. The van der Waals surface area contributed by atoms with Gasteiger partial charge in [-0.15, -0.1) is 0 Å². The van der Waals surface area contributed by atoms with Crippen molar-refractivity contribution in [3.8, 4) is 0 Å². The van der Waals surface area contributed by atoms with Crippen molar-refractivity contribution in [1.29, 1.82) is 0 Å². The molecule has 0 bridgehead atoms. The van der Waals surface area contributed by atoms with Gasteiger partial charge in [0.2, 0.25) is 0 Å². The molecule has 1 aliphatic carbocycles. The second kappa shape index (κ2) is 3.50. The summed E-state index contributed by atoms with van der Waals surface area (Å²) < 4.78 is 5.28. The summed E-state index contributed by atoms with van der Waals surface area (Å²) in [5.74, 6) is -0.444.